The highest BCUT2D eigenvalue weighted by molar-refractivity contribution is 5.75. The maximum Gasteiger partial charge on any atom is 0.314 e. The monoisotopic (exact) mass is 530 g/mol. The first-order valence-corrected chi connectivity index (χ1v) is 15.4. The van der Waals surface area contributed by atoms with Crippen LogP contribution >= 0.6 is 0 Å². The predicted octanol–water partition coefficient (Wildman–Crippen LogP) is 9.43. The molecule has 0 N–H and O–H groups in total. The molecule has 0 spiro atoms. The minimum atomic E-state index is -0.872. The number of carbonyl (C=O) groups excluding carboxylic acids is 1. The SMILES string of the molecule is C=CCOc1c(F)cc(OC(=O)C2CCCC3CC(C4CCC(CCCCCCC)CC4)CCC32)cc1F. The zero-order valence-electron chi connectivity index (χ0n) is 23.4. The van der Waals surface area contributed by atoms with E-state index in [0.29, 0.717) is 11.8 Å². The molecule has 3 aliphatic rings. The van der Waals surface area contributed by atoms with Gasteiger partial charge < -0.3 is 9.47 Å². The predicted molar refractivity (Wildman–Crippen MR) is 148 cm³/mol. The minimum Gasteiger partial charge on any atom is -0.483 e. The van der Waals surface area contributed by atoms with Gasteiger partial charge in [-0.3, -0.25) is 4.79 Å². The Balaban J connectivity index is 1.26. The van der Waals surface area contributed by atoms with Crippen molar-refractivity contribution in [3.8, 4) is 11.5 Å². The molecule has 4 rings (SSSR count). The number of fused-ring (bicyclic) bond motifs is 1. The second kappa shape index (κ2) is 14.5. The van der Waals surface area contributed by atoms with E-state index in [2.05, 4.69) is 13.5 Å². The van der Waals surface area contributed by atoms with E-state index in [4.69, 9.17) is 9.47 Å². The van der Waals surface area contributed by atoms with Crippen molar-refractivity contribution in [2.45, 2.75) is 110 Å². The van der Waals surface area contributed by atoms with Gasteiger partial charge in [-0.25, -0.2) is 8.78 Å². The van der Waals surface area contributed by atoms with Crippen LogP contribution in [0.25, 0.3) is 0 Å². The molecule has 38 heavy (non-hydrogen) atoms. The molecule has 0 amide bonds. The first-order valence-electron chi connectivity index (χ1n) is 15.4. The highest BCUT2D eigenvalue weighted by Crippen LogP contribution is 2.50. The molecule has 3 nitrogen and oxygen atoms in total. The van der Waals surface area contributed by atoms with Crippen molar-refractivity contribution in [3.05, 3.63) is 36.4 Å². The topological polar surface area (TPSA) is 35.5 Å². The van der Waals surface area contributed by atoms with Gasteiger partial charge in [0.05, 0.1) is 5.92 Å². The van der Waals surface area contributed by atoms with Crippen LogP contribution in [-0.4, -0.2) is 12.6 Å². The number of ether oxygens (including phenoxy) is 2. The molecular weight excluding hydrogens is 482 g/mol. The molecule has 4 unspecified atom stereocenters. The number of carbonyl (C=O) groups is 1. The van der Waals surface area contributed by atoms with E-state index in [1.807, 2.05) is 0 Å². The molecule has 3 saturated carbocycles. The quantitative estimate of drug-likeness (QED) is 0.117. The summed E-state index contributed by atoms with van der Waals surface area (Å²) in [5.41, 5.74) is 0. The zero-order valence-corrected chi connectivity index (χ0v) is 23.4. The lowest BCUT2D eigenvalue weighted by molar-refractivity contribution is -0.144. The summed E-state index contributed by atoms with van der Waals surface area (Å²) in [6, 6.07) is 2.08. The third kappa shape index (κ3) is 7.60. The Morgan fingerprint density at radius 3 is 2.34 bits per heavy atom. The maximum atomic E-state index is 14.4. The highest BCUT2D eigenvalue weighted by atomic mass is 19.1. The number of rotatable bonds is 12. The van der Waals surface area contributed by atoms with Crippen molar-refractivity contribution in [3.63, 3.8) is 0 Å². The van der Waals surface area contributed by atoms with E-state index in [1.54, 1.807) is 0 Å². The van der Waals surface area contributed by atoms with Crippen LogP contribution in [0.15, 0.2) is 24.8 Å². The van der Waals surface area contributed by atoms with Gasteiger partial charge in [0.2, 0.25) is 0 Å². The van der Waals surface area contributed by atoms with Crippen LogP contribution in [0.3, 0.4) is 0 Å². The summed E-state index contributed by atoms with van der Waals surface area (Å²) in [6.07, 6.45) is 21.9. The fourth-order valence-corrected chi connectivity index (χ4v) is 7.77. The number of hydrogen-bond acceptors (Lipinski definition) is 3. The third-order valence-electron chi connectivity index (χ3n) is 9.80. The van der Waals surface area contributed by atoms with Crippen LogP contribution < -0.4 is 9.47 Å². The zero-order chi connectivity index (χ0) is 26.9. The second-order valence-electron chi connectivity index (χ2n) is 12.3. The van der Waals surface area contributed by atoms with Crippen molar-refractivity contribution in [2.75, 3.05) is 6.61 Å². The van der Waals surface area contributed by atoms with Gasteiger partial charge in [0.15, 0.2) is 17.4 Å². The number of halogens is 2. The van der Waals surface area contributed by atoms with Crippen LogP contribution in [0.4, 0.5) is 8.78 Å². The molecule has 212 valence electrons. The van der Waals surface area contributed by atoms with E-state index in [1.165, 1.54) is 89.5 Å². The third-order valence-corrected chi connectivity index (χ3v) is 9.80. The Hall–Kier alpha value is -1.91. The number of hydrogen-bond donors (Lipinski definition) is 0. The van der Waals surface area contributed by atoms with E-state index in [0.717, 1.165) is 49.1 Å². The normalized spacial score (nSPS) is 29.3. The smallest absolute Gasteiger partial charge is 0.314 e. The van der Waals surface area contributed by atoms with Crippen molar-refractivity contribution < 1.29 is 23.0 Å². The van der Waals surface area contributed by atoms with Gasteiger partial charge in [-0.15, -0.1) is 0 Å². The van der Waals surface area contributed by atoms with Crippen LogP contribution in [-0.2, 0) is 4.79 Å². The molecule has 0 aromatic heterocycles. The van der Waals surface area contributed by atoms with Crippen LogP contribution in [0.2, 0.25) is 0 Å². The summed E-state index contributed by atoms with van der Waals surface area (Å²) in [4.78, 5) is 13.2. The second-order valence-corrected chi connectivity index (χ2v) is 12.3. The number of unbranched alkanes of at least 4 members (excludes halogenated alkanes) is 4. The molecule has 0 radical (unpaired) electrons. The van der Waals surface area contributed by atoms with Crippen LogP contribution in [0.1, 0.15) is 110 Å². The molecule has 4 atom stereocenters. The van der Waals surface area contributed by atoms with Gasteiger partial charge in [0, 0.05) is 12.1 Å². The molecule has 1 aromatic rings. The minimum absolute atomic E-state index is 0.000323. The van der Waals surface area contributed by atoms with E-state index >= 15 is 0 Å². The fraction of sp³-hybridized carbons (Fsp3) is 0.727. The van der Waals surface area contributed by atoms with Gasteiger partial charge in [0.25, 0.3) is 0 Å². The first kappa shape index (κ1) is 29.1. The summed E-state index contributed by atoms with van der Waals surface area (Å²) in [7, 11) is 0. The molecular formula is C33H48F2O3. The molecule has 1 aromatic carbocycles. The molecule has 0 saturated heterocycles. The summed E-state index contributed by atoms with van der Waals surface area (Å²) < 4.78 is 39.3. The summed E-state index contributed by atoms with van der Waals surface area (Å²) in [5, 5.41) is 0. The van der Waals surface area contributed by atoms with Gasteiger partial charge in [-0.05, 0) is 68.1 Å². The van der Waals surface area contributed by atoms with Crippen molar-refractivity contribution in [1.82, 2.24) is 0 Å². The largest absolute Gasteiger partial charge is 0.483 e. The van der Waals surface area contributed by atoms with Gasteiger partial charge in [0.1, 0.15) is 12.4 Å². The van der Waals surface area contributed by atoms with Crippen molar-refractivity contribution >= 4 is 5.97 Å². The lowest BCUT2D eigenvalue weighted by Gasteiger charge is -2.46. The first-order chi connectivity index (χ1) is 18.5. The molecule has 3 fully saturated rings. The summed E-state index contributed by atoms with van der Waals surface area (Å²) in [5.74, 6) is 0.667. The Bertz CT molecular complexity index is 884. The van der Waals surface area contributed by atoms with Crippen LogP contribution in [0.5, 0.6) is 11.5 Å². The Morgan fingerprint density at radius 2 is 1.63 bits per heavy atom. The van der Waals surface area contributed by atoms with Crippen molar-refractivity contribution in [2.24, 2.45) is 35.5 Å². The average molecular weight is 531 g/mol. The van der Waals surface area contributed by atoms with Gasteiger partial charge in [-0.1, -0.05) is 83.8 Å². The number of esters is 1. The van der Waals surface area contributed by atoms with Gasteiger partial charge >= 0.3 is 5.97 Å². The lowest BCUT2D eigenvalue weighted by Crippen LogP contribution is -2.40. The Labute approximate surface area is 228 Å². The standard InChI is InChI=1S/C33H48F2O3/c1-3-5-6-7-8-10-23-13-15-24(16-14-23)25-17-18-28-26(20-25)11-9-12-29(28)33(36)38-27-21-30(34)32(31(35)22-27)37-19-4-2/h4,21-26,28-29H,2-3,5-20H2,1H3. The van der Waals surface area contributed by atoms with E-state index < -0.39 is 17.4 Å². The molecule has 0 aliphatic heterocycles. The molecule has 0 bridgehead atoms. The Morgan fingerprint density at radius 1 is 0.921 bits per heavy atom. The fourth-order valence-electron chi connectivity index (χ4n) is 7.77. The van der Waals surface area contributed by atoms with Gasteiger partial charge in [-0.2, -0.15) is 0 Å². The molecule has 5 heteroatoms. The molecule has 3 aliphatic carbocycles. The van der Waals surface area contributed by atoms with E-state index in [-0.39, 0.29) is 24.2 Å². The summed E-state index contributed by atoms with van der Waals surface area (Å²) in [6.45, 7) is 5.77. The lowest BCUT2D eigenvalue weighted by atomic mass is 9.59. The van der Waals surface area contributed by atoms with Crippen LogP contribution in [0, 0.1) is 47.1 Å². The van der Waals surface area contributed by atoms with E-state index in [9.17, 15) is 13.6 Å². The maximum absolute atomic E-state index is 14.4. The summed E-state index contributed by atoms with van der Waals surface area (Å²) >= 11 is 0. The Kier molecular flexibility index (Phi) is 11.1. The molecule has 0 heterocycles. The number of benzene rings is 1. The van der Waals surface area contributed by atoms with Crippen molar-refractivity contribution in [1.29, 1.82) is 0 Å². The average Bonchev–Trinajstić information content (AvgIpc) is 2.92. The highest BCUT2D eigenvalue weighted by Gasteiger charge is 2.43.